The van der Waals surface area contributed by atoms with E-state index in [2.05, 4.69) is 10.3 Å². The zero-order valence-electron chi connectivity index (χ0n) is 15.1. The van der Waals surface area contributed by atoms with Gasteiger partial charge in [0.1, 0.15) is 5.65 Å². The van der Waals surface area contributed by atoms with Crippen LogP contribution in [-0.2, 0) is 10.0 Å². The maximum absolute atomic E-state index is 13.6. The van der Waals surface area contributed by atoms with E-state index >= 15 is 0 Å². The number of aromatic nitrogens is 4. The molecule has 4 aromatic rings. The quantitative estimate of drug-likeness (QED) is 0.539. The van der Waals surface area contributed by atoms with Crippen LogP contribution in [0, 0.1) is 0 Å². The molecule has 148 valence electrons. The third-order valence-electron chi connectivity index (χ3n) is 4.96. The number of para-hydroxylation sites is 2. The van der Waals surface area contributed by atoms with Crippen LogP contribution in [0.25, 0.3) is 22.4 Å². The fourth-order valence-electron chi connectivity index (χ4n) is 3.71. The highest BCUT2D eigenvalue weighted by Gasteiger charge is 2.31. The van der Waals surface area contributed by atoms with Crippen LogP contribution < -0.4 is 11.0 Å². The molecule has 0 aliphatic carbocycles. The highest BCUT2D eigenvalue weighted by atomic mass is 35.5. The van der Waals surface area contributed by atoms with Gasteiger partial charge in [-0.1, -0.05) is 35.9 Å². The van der Waals surface area contributed by atoms with Crippen molar-refractivity contribution in [3.05, 3.63) is 70.4 Å². The lowest BCUT2D eigenvalue weighted by molar-refractivity contribution is 0.581. The fourth-order valence-corrected chi connectivity index (χ4v) is 5.71. The van der Waals surface area contributed by atoms with E-state index in [1.54, 1.807) is 48.7 Å². The largest absolute Gasteiger partial charge is 0.347 e. The Bertz CT molecular complexity index is 1460. The van der Waals surface area contributed by atoms with Gasteiger partial charge in [0.25, 0.3) is 10.0 Å². The van der Waals surface area contributed by atoms with Gasteiger partial charge in [-0.05, 0) is 24.3 Å². The molecule has 0 fully saturated rings. The summed E-state index contributed by atoms with van der Waals surface area (Å²) in [5, 5.41) is 2.78. The van der Waals surface area contributed by atoms with Crippen LogP contribution in [0.2, 0.25) is 5.15 Å². The number of fused-ring (bicyclic) bond motifs is 2. The monoisotopic (exact) mass is 429 g/mol. The normalized spacial score (nSPS) is 15.1. The van der Waals surface area contributed by atoms with E-state index < -0.39 is 15.7 Å². The Balaban J connectivity index is 1.86. The van der Waals surface area contributed by atoms with Crippen LogP contribution in [0.1, 0.15) is 6.42 Å². The van der Waals surface area contributed by atoms with E-state index in [0.29, 0.717) is 36.2 Å². The zero-order chi connectivity index (χ0) is 20.2. The molecule has 0 unspecified atom stereocenters. The average Bonchev–Trinajstić information content (AvgIpc) is 3.22. The lowest BCUT2D eigenvalue weighted by Gasteiger charge is -2.14. The lowest BCUT2D eigenvalue weighted by atomic mass is 10.2. The lowest BCUT2D eigenvalue weighted by Crippen LogP contribution is -2.32. The number of rotatable bonds is 3. The molecule has 1 N–H and O–H groups in total. The summed E-state index contributed by atoms with van der Waals surface area (Å²) < 4.78 is 30.9. The second-order valence-corrected chi connectivity index (χ2v) is 8.72. The maximum Gasteiger partial charge on any atom is 0.347 e. The summed E-state index contributed by atoms with van der Waals surface area (Å²) in [4.78, 5) is 17.5. The van der Waals surface area contributed by atoms with Gasteiger partial charge in [0, 0.05) is 31.4 Å². The summed E-state index contributed by atoms with van der Waals surface area (Å²) in [7, 11) is -4.32. The molecular formula is C19H16ClN5O3S. The Morgan fingerprint density at radius 3 is 2.59 bits per heavy atom. The molecule has 3 aromatic heterocycles. The van der Waals surface area contributed by atoms with E-state index in [1.165, 1.54) is 8.97 Å². The van der Waals surface area contributed by atoms with E-state index in [0.717, 1.165) is 9.67 Å². The van der Waals surface area contributed by atoms with Crippen molar-refractivity contribution in [3.8, 4) is 0 Å². The molecule has 0 saturated carbocycles. The minimum Gasteiger partial charge on any atom is -0.313 e. The molecule has 8 nitrogen and oxygen atoms in total. The van der Waals surface area contributed by atoms with Crippen LogP contribution >= 0.6 is 11.6 Å². The van der Waals surface area contributed by atoms with Crippen LogP contribution in [0.15, 0.2) is 64.6 Å². The Morgan fingerprint density at radius 2 is 1.83 bits per heavy atom. The molecule has 0 atom stereocenters. The number of hydrogen-bond donors (Lipinski definition) is 1. The summed E-state index contributed by atoms with van der Waals surface area (Å²) >= 11 is 6.21. The van der Waals surface area contributed by atoms with Gasteiger partial charge >= 0.3 is 5.69 Å². The number of imidazole rings is 2. The first-order chi connectivity index (χ1) is 14.0. The third kappa shape index (κ3) is 2.65. The highest BCUT2D eigenvalue weighted by molar-refractivity contribution is 7.90. The third-order valence-corrected chi connectivity index (χ3v) is 7.05. The van der Waals surface area contributed by atoms with Gasteiger partial charge in [-0.3, -0.25) is 8.97 Å². The number of nitrogens with zero attached hydrogens (tertiary/aromatic N) is 4. The van der Waals surface area contributed by atoms with Crippen molar-refractivity contribution < 1.29 is 8.42 Å². The Kier molecular flexibility index (Phi) is 4.12. The molecule has 10 heteroatoms. The van der Waals surface area contributed by atoms with Gasteiger partial charge in [-0.2, -0.15) is 12.4 Å². The summed E-state index contributed by atoms with van der Waals surface area (Å²) in [6.45, 7) is 1.33. The summed E-state index contributed by atoms with van der Waals surface area (Å²) in [5.41, 5.74) is 1.32. The second-order valence-electron chi connectivity index (χ2n) is 6.66. The Hall–Kier alpha value is -2.88. The van der Waals surface area contributed by atoms with Gasteiger partial charge < -0.3 is 5.32 Å². The van der Waals surface area contributed by atoms with Gasteiger partial charge in [0.2, 0.25) is 0 Å². The molecule has 0 spiro atoms. The SMILES string of the molecule is O=c1n(C2=CCNCC2)c2ccccc2n1S(=O)(=O)c1c(Cl)nc2ccccn12. The molecule has 1 aromatic carbocycles. The highest BCUT2D eigenvalue weighted by Crippen LogP contribution is 2.27. The van der Waals surface area contributed by atoms with E-state index in [9.17, 15) is 13.2 Å². The molecule has 0 saturated heterocycles. The molecule has 1 aliphatic heterocycles. The van der Waals surface area contributed by atoms with Crippen LogP contribution in [0.4, 0.5) is 0 Å². The standard InChI is InChI=1S/C19H16ClN5O3S/c20-17-18(23-12-4-3-7-16(23)22-17)29(27,28)25-15-6-2-1-5-14(15)24(19(25)26)13-8-10-21-11-9-13/h1-8,12,21H,9-11H2. The Morgan fingerprint density at radius 1 is 1.07 bits per heavy atom. The zero-order valence-corrected chi connectivity index (χ0v) is 16.7. The topological polar surface area (TPSA) is 90.4 Å². The molecule has 0 bridgehead atoms. The molecule has 0 radical (unpaired) electrons. The minimum absolute atomic E-state index is 0.180. The number of nitrogens with one attached hydrogen (secondary N) is 1. The number of benzene rings is 1. The fraction of sp³-hybridized carbons (Fsp3) is 0.158. The number of hydrogen-bond acceptors (Lipinski definition) is 5. The maximum atomic E-state index is 13.6. The number of halogens is 1. The van der Waals surface area contributed by atoms with E-state index in [1.807, 2.05) is 6.08 Å². The molecule has 5 rings (SSSR count). The van der Waals surface area contributed by atoms with Gasteiger partial charge in [0.05, 0.1) is 11.0 Å². The van der Waals surface area contributed by atoms with Crippen molar-refractivity contribution >= 4 is 44.0 Å². The van der Waals surface area contributed by atoms with Crippen molar-refractivity contribution in [1.29, 1.82) is 0 Å². The first kappa shape index (κ1) is 18.2. The first-order valence-corrected chi connectivity index (χ1v) is 10.8. The van der Waals surface area contributed by atoms with Crippen molar-refractivity contribution in [1.82, 2.24) is 23.2 Å². The van der Waals surface area contributed by atoms with Crippen molar-refractivity contribution in [3.63, 3.8) is 0 Å². The molecule has 4 heterocycles. The first-order valence-electron chi connectivity index (χ1n) is 9.01. The van der Waals surface area contributed by atoms with Crippen LogP contribution in [0.3, 0.4) is 0 Å². The van der Waals surface area contributed by atoms with Crippen molar-refractivity contribution in [2.45, 2.75) is 11.4 Å². The average molecular weight is 430 g/mol. The molecule has 29 heavy (non-hydrogen) atoms. The second kappa shape index (κ2) is 6.58. The van der Waals surface area contributed by atoms with E-state index in [4.69, 9.17) is 11.6 Å². The van der Waals surface area contributed by atoms with Crippen LogP contribution in [0.5, 0.6) is 0 Å². The van der Waals surface area contributed by atoms with Gasteiger partial charge in [-0.25, -0.2) is 9.78 Å². The smallest absolute Gasteiger partial charge is 0.313 e. The predicted molar refractivity (Wildman–Crippen MR) is 111 cm³/mol. The van der Waals surface area contributed by atoms with Gasteiger partial charge in [0.15, 0.2) is 10.2 Å². The predicted octanol–water partition coefficient (Wildman–Crippen LogP) is 2.18. The molecule has 0 amide bonds. The van der Waals surface area contributed by atoms with Crippen molar-refractivity contribution in [2.24, 2.45) is 0 Å². The Labute approximate surface area is 170 Å². The van der Waals surface area contributed by atoms with Crippen molar-refractivity contribution in [2.75, 3.05) is 13.1 Å². The molecular weight excluding hydrogens is 414 g/mol. The van der Waals surface area contributed by atoms with Gasteiger partial charge in [-0.15, -0.1) is 0 Å². The van der Waals surface area contributed by atoms with Crippen LogP contribution in [-0.4, -0.2) is 39.4 Å². The summed E-state index contributed by atoms with van der Waals surface area (Å²) in [6.07, 6.45) is 4.07. The summed E-state index contributed by atoms with van der Waals surface area (Å²) in [6, 6.07) is 11.9. The number of pyridine rings is 1. The molecule has 1 aliphatic rings. The van der Waals surface area contributed by atoms with E-state index in [-0.39, 0.29) is 10.2 Å². The summed E-state index contributed by atoms with van der Waals surface area (Å²) in [5.74, 6) is 0. The minimum atomic E-state index is -4.32.